The van der Waals surface area contributed by atoms with Gasteiger partial charge >= 0.3 is 0 Å². The van der Waals surface area contributed by atoms with E-state index in [2.05, 4.69) is 10.6 Å². The lowest BCUT2D eigenvalue weighted by Crippen LogP contribution is -2.24. The minimum absolute atomic E-state index is 0.0162. The molecule has 0 fully saturated rings. The summed E-state index contributed by atoms with van der Waals surface area (Å²) in [6, 6.07) is 17.8. The van der Waals surface area contributed by atoms with Crippen LogP contribution in [0.5, 0.6) is 0 Å². The number of halogens is 1. The van der Waals surface area contributed by atoms with Crippen LogP contribution in [0.4, 0.5) is 15.8 Å². The fourth-order valence-electron chi connectivity index (χ4n) is 2.88. The number of nitro groups is 1. The first-order valence-electron chi connectivity index (χ1n) is 9.72. The van der Waals surface area contributed by atoms with Gasteiger partial charge in [-0.1, -0.05) is 12.1 Å². The van der Waals surface area contributed by atoms with E-state index in [-0.39, 0.29) is 23.5 Å². The highest BCUT2D eigenvalue weighted by Gasteiger charge is 2.10. The largest absolute Gasteiger partial charge is 0.346 e. The lowest BCUT2D eigenvalue weighted by molar-refractivity contribution is -0.384. The molecule has 3 aromatic carbocycles. The molecule has 2 amide bonds. The van der Waals surface area contributed by atoms with Crippen molar-refractivity contribution in [1.82, 2.24) is 5.32 Å². The van der Waals surface area contributed by atoms with Crippen LogP contribution in [0.25, 0.3) is 6.08 Å². The lowest BCUT2D eigenvalue weighted by atomic mass is 10.1. The van der Waals surface area contributed by atoms with Crippen molar-refractivity contribution in [3.05, 3.63) is 111 Å². The van der Waals surface area contributed by atoms with E-state index in [9.17, 15) is 24.1 Å². The molecule has 0 spiro atoms. The summed E-state index contributed by atoms with van der Waals surface area (Å²) in [5.41, 5.74) is 2.40. The maximum Gasteiger partial charge on any atom is 0.269 e. The fourth-order valence-corrected chi connectivity index (χ4v) is 2.88. The van der Waals surface area contributed by atoms with Crippen LogP contribution in [0.15, 0.2) is 78.9 Å². The Bertz CT molecular complexity index is 1140. The highest BCUT2D eigenvalue weighted by atomic mass is 19.1. The van der Waals surface area contributed by atoms with Crippen LogP contribution in [0.1, 0.15) is 34.5 Å². The Morgan fingerprint density at radius 1 is 0.969 bits per heavy atom. The average Bonchev–Trinajstić information content (AvgIpc) is 2.78. The molecule has 3 aromatic rings. The Labute approximate surface area is 183 Å². The monoisotopic (exact) mass is 433 g/mol. The second-order valence-corrected chi connectivity index (χ2v) is 7.00. The standard InChI is InChI=1S/C24H20FN3O4/c1-16(26-23(29)15-4-17-2-13-22(14-3-17)28(31)32)18-7-11-21(12-8-18)27-24(30)19-5-9-20(25)10-6-19/h2-16H,1H3,(H,26,29)(H,27,30). The quantitative estimate of drug-likeness (QED) is 0.315. The third kappa shape index (κ3) is 6.09. The Hall–Kier alpha value is -4.33. The van der Waals surface area contributed by atoms with E-state index in [4.69, 9.17) is 0 Å². The number of hydrogen-bond donors (Lipinski definition) is 2. The molecule has 2 N–H and O–H groups in total. The molecule has 0 aromatic heterocycles. The third-order valence-electron chi connectivity index (χ3n) is 4.66. The zero-order valence-corrected chi connectivity index (χ0v) is 17.1. The molecule has 7 nitrogen and oxygen atoms in total. The summed E-state index contributed by atoms with van der Waals surface area (Å²) in [7, 11) is 0. The molecule has 1 unspecified atom stereocenters. The summed E-state index contributed by atoms with van der Waals surface area (Å²) in [5, 5.41) is 16.2. The van der Waals surface area contributed by atoms with Gasteiger partial charge in [0.15, 0.2) is 0 Å². The number of nitro benzene ring substituents is 1. The Balaban J connectivity index is 1.55. The van der Waals surface area contributed by atoms with Crippen LogP contribution in [0, 0.1) is 15.9 Å². The molecule has 0 bridgehead atoms. The molecule has 8 heteroatoms. The predicted octanol–water partition coefficient (Wildman–Crippen LogP) is 4.88. The van der Waals surface area contributed by atoms with Crippen molar-refractivity contribution in [3.63, 3.8) is 0 Å². The topological polar surface area (TPSA) is 101 Å². The lowest BCUT2D eigenvalue weighted by Gasteiger charge is -2.14. The van der Waals surface area contributed by atoms with Gasteiger partial charge in [0.2, 0.25) is 5.91 Å². The second kappa shape index (κ2) is 10.1. The van der Waals surface area contributed by atoms with E-state index in [1.54, 1.807) is 42.5 Å². The van der Waals surface area contributed by atoms with Crippen molar-refractivity contribution in [2.24, 2.45) is 0 Å². The molecule has 162 valence electrons. The van der Waals surface area contributed by atoms with Crippen LogP contribution < -0.4 is 10.6 Å². The number of hydrogen-bond acceptors (Lipinski definition) is 4. The summed E-state index contributed by atoms with van der Waals surface area (Å²) in [4.78, 5) is 34.6. The first-order valence-corrected chi connectivity index (χ1v) is 9.72. The fraction of sp³-hybridized carbons (Fsp3) is 0.0833. The van der Waals surface area contributed by atoms with Crippen molar-refractivity contribution >= 4 is 29.3 Å². The molecule has 0 heterocycles. The van der Waals surface area contributed by atoms with Crippen molar-refractivity contribution in [2.45, 2.75) is 13.0 Å². The zero-order valence-electron chi connectivity index (χ0n) is 17.1. The van der Waals surface area contributed by atoms with Gasteiger partial charge in [0.1, 0.15) is 5.82 Å². The average molecular weight is 433 g/mol. The van der Waals surface area contributed by atoms with Crippen molar-refractivity contribution in [1.29, 1.82) is 0 Å². The number of anilines is 1. The van der Waals surface area contributed by atoms with Gasteiger partial charge in [0.05, 0.1) is 11.0 Å². The molecule has 0 aliphatic carbocycles. The number of benzene rings is 3. The van der Waals surface area contributed by atoms with Crippen LogP contribution in [-0.2, 0) is 4.79 Å². The molecule has 32 heavy (non-hydrogen) atoms. The maximum absolute atomic E-state index is 13.0. The Kier molecular flexibility index (Phi) is 7.07. The number of carbonyl (C=O) groups is 2. The zero-order chi connectivity index (χ0) is 23.1. The number of nitrogens with zero attached hydrogens (tertiary/aromatic N) is 1. The van der Waals surface area contributed by atoms with Crippen molar-refractivity contribution in [3.8, 4) is 0 Å². The van der Waals surface area contributed by atoms with Crippen LogP contribution >= 0.6 is 0 Å². The first kappa shape index (κ1) is 22.4. The molecule has 3 rings (SSSR count). The van der Waals surface area contributed by atoms with E-state index in [1.807, 2.05) is 6.92 Å². The van der Waals surface area contributed by atoms with E-state index in [1.165, 1.54) is 42.5 Å². The van der Waals surface area contributed by atoms with Crippen molar-refractivity contribution < 1.29 is 18.9 Å². The highest BCUT2D eigenvalue weighted by Crippen LogP contribution is 2.17. The van der Waals surface area contributed by atoms with Crippen LogP contribution in [-0.4, -0.2) is 16.7 Å². The SMILES string of the molecule is CC(NC(=O)C=Cc1ccc([N+](=O)[O-])cc1)c1ccc(NC(=O)c2ccc(F)cc2)cc1. The summed E-state index contributed by atoms with van der Waals surface area (Å²) in [6.07, 6.45) is 2.93. The van der Waals surface area contributed by atoms with Gasteiger partial charge < -0.3 is 10.6 Å². The summed E-state index contributed by atoms with van der Waals surface area (Å²) in [5.74, 6) is -1.08. The third-order valence-corrected chi connectivity index (χ3v) is 4.66. The molecule has 0 aliphatic rings. The molecule has 0 radical (unpaired) electrons. The van der Waals surface area contributed by atoms with Crippen LogP contribution in [0.2, 0.25) is 0 Å². The summed E-state index contributed by atoms with van der Waals surface area (Å²) >= 11 is 0. The first-order chi connectivity index (χ1) is 15.3. The van der Waals surface area contributed by atoms with Crippen molar-refractivity contribution in [2.75, 3.05) is 5.32 Å². The van der Waals surface area contributed by atoms with Gasteiger partial charge in [-0.25, -0.2) is 4.39 Å². The molecule has 0 aliphatic heterocycles. The van der Waals surface area contributed by atoms with E-state index < -0.39 is 10.7 Å². The van der Waals surface area contributed by atoms with E-state index in [0.29, 0.717) is 16.8 Å². The minimum Gasteiger partial charge on any atom is -0.346 e. The Morgan fingerprint density at radius 3 is 2.19 bits per heavy atom. The summed E-state index contributed by atoms with van der Waals surface area (Å²) < 4.78 is 13.0. The molecular formula is C24H20FN3O4. The molecule has 0 saturated heterocycles. The van der Waals surface area contributed by atoms with Gasteiger partial charge in [-0.3, -0.25) is 19.7 Å². The smallest absolute Gasteiger partial charge is 0.269 e. The van der Waals surface area contributed by atoms with Crippen LogP contribution in [0.3, 0.4) is 0 Å². The van der Waals surface area contributed by atoms with Gasteiger partial charge in [-0.05, 0) is 72.7 Å². The summed E-state index contributed by atoms with van der Waals surface area (Å²) in [6.45, 7) is 1.82. The minimum atomic E-state index is -0.485. The van der Waals surface area contributed by atoms with Gasteiger partial charge in [0.25, 0.3) is 11.6 Å². The molecule has 0 saturated carbocycles. The van der Waals surface area contributed by atoms with E-state index in [0.717, 1.165) is 5.56 Å². The van der Waals surface area contributed by atoms with Gasteiger partial charge in [-0.15, -0.1) is 0 Å². The number of nitrogens with one attached hydrogen (secondary N) is 2. The Morgan fingerprint density at radius 2 is 1.59 bits per heavy atom. The maximum atomic E-state index is 13.0. The van der Waals surface area contributed by atoms with E-state index >= 15 is 0 Å². The van der Waals surface area contributed by atoms with Gasteiger partial charge in [0, 0.05) is 29.5 Å². The number of amides is 2. The second-order valence-electron chi connectivity index (χ2n) is 7.00. The predicted molar refractivity (Wildman–Crippen MR) is 119 cm³/mol. The molecule has 1 atom stereocenters. The van der Waals surface area contributed by atoms with Gasteiger partial charge in [-0.2, -0.15) is 0 Å². The number of carbonyl (C=O) groups excluding carboxylic acids is 2. The molecular weight excluding hydrogens is 413 g/mol. The highest BCUT2D eigenvalue weighted by molar-refractivity contribution is 6.04. The number of rotatable bonds is 7. The number of non-ortho nitro benzene ring substituents is 1. The normalized spacial score (nSPS) is 11.7.